The Morgan fingerprint density at radius 1 is 0.844 bits per heavy atom. The van der Waals surface area contributed by atoms with Gasteiger partial charge in [-0.1, -0.05) is 48.5 Å². The van der Waals surface area contributed by atoms with Gasteiger partial charge < -0.3 is 23.9 Å². The van der Waals surface area contributed by atoms with E-state index in [-0.39, 0.29) is 18.3 Å². The smallest absolute Gasteiger partial charge is 0.287 e. The van der Waals surface area contributed by atoms with Gasteiger partial charge in [-0.2, -0.15) is 0 Å². The second-order valence-corrected chi connectivity index (χ2v) is 7.18. The Morgan fingerprint density at radius 2 is 1.56 bits per heavy atom. The van der Waals surface area contributed by atoms with Gasteiger partial charge in [0.05, 0.1) is 6.61 Å². The number of nitrogens with one attached hydrogen (secondary N) is 1. The molecule has 0 saturated carbocycles. The summed E-state index contributed by atoms with van der Waals surface area (Å²) in [4.78, 5) is 13.0. The van der Waals surface area contributed by atoms with Crippen LogP contribution in [0, 0.1) is 0 Å². The van der Waals surface area contributed by atoms with Gasteiger partial charge in [-0.05, 0) is 35.9 Å². The average molecular weight is 431 g/mol. The zero-order valence-corrected chi connectivity index (χ0v) is 17.9. The Labute approximate surface area is 186 Å². The summed E-state index contributed by atoms with van der Waals surface area (Å²) >= 11 is 0. The number of hydrogen-bond acceptors (Lipinski definition) is 5. The second-order valence-electron chi connectivity index (χ2n) is 7.18. The number of furan rings is 1. The first-order valence-corrected chi connectivity index (χ1v) is 10.4. The van der Waals surface area contributed by atoms with Crippen molar-refractivity contribution in [3.8, 4) is 11.5 Å². The quantitative estimate of drug-likeness (QED) is 0.359. The molecule has 0 aliphatic carbocycles. The first-order chi connectivity index (χ1) is 15.7. The van der Waals surface area contributed by atoms with Crippen LogP contribution < -0.4 is 14.8 Å². The Hall–Kier alpha value is -3.77. The molecule has 1 amide bonds. The SMILES string of the molecule is COCCOc1ccc(CNC(=O)c2oc3ccccc3c2COc2ccccc2)cc1. The van der Waals surface area contributed by atoms with Crippen LogP contribution in [0.5, 0.6) is 11.5 Å². The zero-order valence-electron chi connectivity index (χ0n) is 17.9. The molecule has 6 heteroatoms. The predicted octanol–water partition coefficient (Wildman–Crippen LogP) is 4.97. The molecule has 1 N–H and O–H groups in total. The maximum absolute atomic E-state index is 13.0. The van der Waals surface area contributed by atoms with Crippen molar-refractivity contribution in [3.05, 3.63) is 95.7 Å². The third-order valence-electron chi connectivity index (χ3n) is 4.96. The Kier molecular flexibility index (Phi) is 7.05. The zero-order chi connectivity index (χ0) is 22.2. The molecule has 164 valence electrons. The van der Waals surface area contributed by atoms with E-state index in [1.165, 1.54) is 0 Å². The summed E-state index contributed by atoms with van der Waals surface area (Å²) < 4.78 is 22.3. The fraction of sp³-hybridized carbons (Fsp3) is 0.192. The number of fused-ring (bicyclic) bond motifs is 1. The monoisotopic (exact) mass is 431 g/mol. The van der Waals surface area contributed by atoms with Crippen molar-refractivity contribution in [1.29, 1.82) is 0 Å². The topological polar surface area (TPSA) is 69.9 Å². The minimum Gasteiger partial charge on any atom is -0.491 e. The van der Waals surface area contributed by atoms with Crippen molar-refractivity contribution in [2.45, 2.75) is 13.2 Å². The lowest BCUT2D eigenvalue weighted by atomic mass is 10.1. The van der Waals surface area contributed by atoms with Crippen molar-refractivity contribution in [3.63, 3.8) is 0 Å². The average Bonchev–Trinajstić information content (AvgIpc) is 3.21. The molecule has 4 aromatic rings. The van der Waals surface area contributed by atoms with E-state index in [1.54, 1.807) is 7.11 Å². The van der Waals surface area contributed by atoms with Gasteiger partial charge in [0.1, 0.15) is 30.3 Å². The van der Waals surface area contributed by atoms with Gasteiger partial charge in [0, 0.05) is 24.6 Å². The molecule has 1 aromatic heterocycles. The van der Waals surface area contributed by atoms with E-state index in [0.717, 1.165) is 28.0 Å². The molecule has 0 saturated heterocycles. The summed E-state index contributed by atoms with van der Waals surface area (Å²) in [6.07, 6.45) is 0. The number of benzene rings is 3. The number of methoxy groups -OCH3 is 1. The molecule has 0 radical (unpaired) electrons. The maximum atomic E-state index is 13.0. The maximum Gasteiger partial charge on any atom is 0.287 e. The Bertz CT molecular complexity index is 1150. The van der Waals surface area contributed by atoms with Crippen LogP contribution in [0.1, 0.15) is 21.7 Å². The normalized spacial score (nSPS) is 10.8. The molecule has 0 spiro atoms. The summed E-state index contributed by atoms with van der Waals surface area (Å²) in [6, 6.07) is 24.7. The van der Waals surface area contributed by atoms with Crippen LogP contribution in [0.15, 0.2) is 83.3 Å². The van der Waals surface area contributed by atoms with Crippen LogP contribution in [-0.4, -0.2) is 26.2 Å². The summed E-state index contributed by atoms with van der Waals surface area (Å²) in [6.45, 7) is 1.63. The van der Waals surface area contributed by atoms with E-state index in [0.29, 0.717) is 25.3 Å². The molecule has 0 aliphatic heterocycles. The van der Waals surface area contributed by atoms with Crippen LogP contribution in [0.25, 0.3) is 11.0 Å². The summed E-state index contributed by atoms with van der Waals surface area (Å²) in [5, 5.41) is 3.80. The van der Waals surface area contributed by atoms with Gasteiger partial charge in [-0.3, -0.25) is 4.79 Å². The molecular formula is C26H25NO5. The van der Waals surface area contributed by atoms with E-state index < -0.39 is 0 Å². The third kappa shape index (κ3) is 5.28. The number of ether oxygens (including phenoxy) is 3. The van der Waals surface area contributed by atoms with Crippen molar-refractivity contribution in [1.82, 2.24) is 5.32 Å². The number of carbonyl (C=O) groups excluding carboxylic acids is 1. The molecule has 1 heterocycles. The van der Waals surface area contributed by atoms with Gasteiger partial charge in [-0.15, -0.1) is 0 Å². The van der Waals surface area contributed by atoms with Crippen LogP contribution >= 0.6 is 0 Å². The molecule has 0 unspecified atom stereocenters. The molecule has 0 bridgehead atoms. The van der Waals surface area contributed by atoms with Crippen molar-refractivity contribution >= 4 is 16.9 Å². The standard InChI is InChI=1S/C26H25NO5/c1-29-15-16-30-21-13-11-19(12-14-21)17-27-26(28)25-23(18-31-20-7-3-2-4-8-20)22-9-5-6-10-24(22)32-25/h2-14H,15-18H2,1H3,(H,27,28). The van der Waals surface area contributed by atoms with E-state index in [1.807, 2.05) is 78.9 Å². The second kappa shape index (κ2) is 10.5. The minimum absolute atomic E-state index is 0.233. The van der Waals surface area contributed by atoms with Crippen molar-refractivity contribution in [2.75, 3.05) is 20.3 Å². The van der Waals surface area contributed by atoms with Crippen LogP contribution in [0.4, 0.5) is 0 Å². The van der Waals surface area contributed by atoms with E-state index in [9.17, 15) is 4.79 Å². The van der Waals surface area contributed by atoms with Crippen LogP contribution in [0.3, 0.4) is 0 Å². The van der Waals surface area contributed by atoms with Crippen LogP contribution in [-0.2, 0) is 17.9 Å². The molecular weight excluding hydrogens is 406 g/mol. The van der Waals surface area contributed by atoms with Crippen LogP contribution in [0.2, 0.25) is 0 Å². The summed E-state index contributed by atoms with van der Waals surface area (Å²) in [7, 11) is 1.64. The molecule has 0 atom stereocenters. The molecule has 0 aliphatic rings. The molecule has 3 aromatic carbocycles. The number of carbonyl (C=O) groups is 1. The fourth-order valence-electron chi connectivity index (χ4n) is 3.31. The Balaban J connectivity index is 1.44. The first kappa shape index (κ1) is 21.5. The predicted molar refractivity (Wildman–Crippen MR) is 122 cm³/mol. The lowest BCUT2D eigenvalue weighted by Gasteiger charge is -2.09. The summed E-state index contributed by atoms with van der Waals surface area (Å²) in [5.41, 5.74) is 2.33. The fourth-order valence-corrected chi connectivity index (χ4v) is 3.31. The van der Waals surface area contributed by atoms with E-state index >= 15 is 0 Å². The highest BCUT2D eigenvalue weighted by Crippen LogP contribution is 2.27. The lowest BCUT2D eigenvalue weighted by Crippen LogP contribution is -2.23. The van der Waals surface area contributed by atoms with Crippen molar-refractivity contribution < 1.29 is 23.4 Å². The van der Waals surface area contributed by atoms with E-state index in [4.69, 9.17) is 18.6 Å². The first-order valence-electron chi connectivity index (χ1n) is 10.4. The lowest BCUT2D eigenvalue weighted by molar-refractivity contribution is 0.0922. The van der Waals surface area contributed by atoms with Gasteiger partial charge in [0.25, 0.3) is 5.91 Å². The van der Waals surface area contributed by atoms with Gasteiger partial charge in [0.15, 0.2) is 5.76 Å². The third-order valence-corrected chi connectivity index (χ3v) is 4.96. The largest absolute Gasteiger partial charge is 0.491 e. The highest BCUT2D eigenvalue weighted by molar-refractivity contribution is 5.99. The molecule has 6 nitrogen and oxygen atoms in total. The van der Waals surface area contributed by atoms with Gasteiger partial charge in [-0.25, -0.2) is 0 Å². The minimum atomic E-state index is -0.284. The van der Waals surface area contributed by atoms with Gasteiger partial charge >= 0.3 is 0 Å². The number of hydrogen-bond donors (Lipinski definition) is 1. The highest BCUT2D eigenvalue weighted by Gasteiger charge is 2.21. The highest BCUT2D eigenvalue weighted by atomic mass is 16.5. The van der Waals surface area contributed by atoms with Gasteiger partial charge in [0.2, 0.25) is 0 Å². The van der Waals surface area contributed by atoms with Crippen molar-refractivity contribution in [2.24, 2.45) is 0 Å². The number of rotatable bonds is 10. The molecule has 32 heavy (non-hydrogen) atoms. The molecule has 0 fully saturated rings. The summed E-state index contributed by atoms with van der Waals surface area (Å²) in [5.74, 6) is 1.47. The number of amides is 1. The Morgan fingerprint density at radius 3 is 2.34 bits per heavy atom. The van der Waals surface area contributed by atoms with E-state index in [2.05, 4.69) is 5.32 Å². The number of para-hydroxylation sites is 2. The molecule has 4 rings (SSSR count).